The van der Waals surface area contributed by atoms with Crippen molar-refractivity contribution in [3.63, 3.8) is 0 Å². The fraction of sp³-hybridized carbons (Fsp3) is 0.889. The van der Waals surface area contributed by atoms with Gasteiger partial charge in [-0.3, -0.25) is 4.90 Å². The van der Waals surface area contributed by atoms with Crippen LogP contribution in [0.3, 0.4) is 0 Å². The van der Waals surface area contributed by atoms with Gasteiger partial charge in [0.25, 0.3) is 0 Å². The molecule has 3 fully saturated rings. The molecule has 3 aliphatic heterocycles. The van der Waals surface area contributed by atoms with Crippen LogP contribution in [-0.2, 0) is 0 Å². The predicted molar refractivity (Wildman–Crippen MR) is 82.2 cm³/mol. The highest BCUT2D eigenvalue weighted by molar-refractivity contribution is 5.08. The minimum absolute atomic E-state index is 0.904. The van der Waals surface area contributed by atoms with E-state index in [0.29, 0.717) is 0 Å². The molecule has 19 heavy (non-hydrogen) atoms. The fourth-order valence-corrected chi connectivity index (χ4v) is 5.65. The summed E-state index contributed by atoms with van der Waals surface area (Å²) in [6.45, 7) is 8.77. The quantitative estimate of drug-likeness (QED) is 0.652. The summed E-state index contributed by atoms with van der Waals surface area (Å²) < 4.78 is 0. The average Bonchev–Trinajstić information content (AvgIpc) is 2.98. The molecular weight excluding hydrogens is 230 g/mol. The highest BCUT2D eigenvalue weighted by Gasteiger charge is 2.54. The Balaban J connectivity index is 1.82. The Morgan fingerprint density at radius 1 is 1.00 bits per heavy atom. The molecule has 0 saturated carbocycles. The number of hydrogen-bond donors (Lipinski definition) is 0. The van der Waals surface area contributed by atoms with E-state index in [9.17, 15) is 0 Å². The summed E-state index contributed by atoms with van der Waals surface area (Å²) in [5.74, 6) is 2.89. The molecule has 0 spiro atoms. The molecule has 6 atom stereocenters. The van der Waals surface area contributed by atoms with Crippen LogP contribution in [0.2, 0.25) is 0 Å². The van der Waals surface area contributed by atoms with Gasteiger partial charge in [0.05, 0.1) is 0 Å². The molecule has 1 nitrogen and oxygen atoms in total. The second kappa shape index (κ2) is 5.60. The van der Waals surface area contributed by atoms with Gasteiger partial charge in [-0.25, -0.2) is 0 Å². The van der Waals surface area contributed by atoms with E-state index in [2.05, 4.69) is 31.4 Å². The molecule has 0 bridgehead atoms. The van der Waals surface area contributed by atoms with Gasteiger partial charge in [0.1, 0.15) is 0 Å². The van der Waals surface area contributed by atoms with Crippen molar-refractivity contribution in [1.29, 1.82) is 0 Å². The van der Waals surface area contributed by atoms with Crippen LogP contribution in [-0.4, -0.2) is 23.0 Å². The molecule has 0 N–H and O–H groups in total. The van der Waals surface area contributed by atoms with E-state index in [1.54, 1.807) is 0 Å². The predicted octanol–water partition coefficient (Wildman–Crippen LogP) is 4.63. The molecular formula is C18H31N. The summed E-state index contributed by atoms with van der Waals surface area (Å²) in [4.78, 5) is 3.01. The van der Waals surface area contributed by atoms with E-state index in [1.165, 1.54) is 51.4 Å². The van der Waals surface area contributed by atoms with Gasteiger partial charge in [0.15, 0.2) is 0 Å². The zero-order valence-electron chi connectivity index (χ0n) is 12.9. The lowest BCUT2D eigenvalue weighted by atomic mass is 9.74. The van der Waals surface area contributed by atoms with Crippen LogP contribution in [0.4, 0.5) is 0 Å². The fourth-order valence-electron chi connectivity index (χ4n) is 5.65. The third-order valence-corrected chi connectivity index (χ3v) is 6.34. The molecule has 1 unspecified atom stereocenters. The molecule has 1 heteroatoms. The maximum absolute atomic E-state index is 3.99. The number of piperidine rings is 1. The van der Waals surface area contributed by atoms with Gasteiger partial charge in [0, 0.05) is 18.1 Å². The smallest absolute Gasteiger partial charge is 0.0134 e. The summed E-state index contributed by atoms with van der Waals surface area (Å²) >= 11 is 0. The molecule has 3 aliphatic rings. The van der Waals surface area contributed by atoms with E-state index in [4.69, 9.17) is 0 Å². The van der Waals surface area contributed by atoms with Crippen molar-refractivity contribution in [2.75, 3.05) is 0 Å². The first-order valence-electron chi connectivity index (χ1n) is 8.68. The third-order valence-electron chi connectivity index (χ3n) is 6.34. The van der Waals surface area contributed by atoms with Gasteiger partial charge in [-0.15, -0.1) is 6.58 Å². The van der Waals surface area contributed by atoms with Crippen LogP contribution in [0, 0.1) is 17.8 Å². The lowest BCUT2D eigenvalue weighted by Crippen LogP contribution is -2.50. The van der Waals surface area contributed by atoms with E-state index >= 15 is 0 Å². The van der Waals surface area contributed by atoms with Crippen molar-refractivity contribution in [3.05, 3.63) is 12.7 Å². The summed E-state index contributed by atoms with van der Waals surface area (Å²) in [6.07, 6.45) is 13.6. The maximum Gasteiger partial charge on any atom is 0.0134 e. The zero-order valence-corrected chi connectivity index (χ0v) is 12.9. The molecule has 3 rings (SSSR count). The summed E-state index contributed by atoms with van der Waals surface area (Å²) in [5.41, 5.74) is 0. The molecule has 0 amide bonds. The van der Waals surface area contributed by atoms with Gasteiger partial charge in [-0.2, -0.15) is 0 Å². The van der Waals surface area contributed by atoms with Crippen LogP contribution < -0.4 is 0 Å². The summed E-state index contributed by atoms with van der Waals surface area (Å²) in [5, 5.41) is 0. The Hall–Kier alpha value is -0.300. The minimum Gasteiger partial charge on any atom is -0.294 e. The second-order valence-electron chi connectivity index (χ2n) is 7.20. The van der Waals surface area contributed by atoms with Crippen molar-refractivity contribution < 1.29 is 0 Å². The monoisotopic (exact) mass is 261 g/mol. The van der Waals surface area contributed by atoms with Crippen LogP contribution in [0.5, 0.6) is 0 Å². The lowest BCUT2D eigenvalue weighted by Gasteiger charge is -2.46. The highest BCUT2D eigenvalue weighted by atomic mass is 15.3. The van der Waals surface area contributed by atoms with Crippen LogP contribution in [0.1, 0.15) is 65.2 Å². The molecule has 0 aromatic heterocycles. The molecule has 3 heterocycles. The van der Waals surface area contributed by atoms with Gasteiger partial charge in [-0.1, -0.05) is 32.8 Å². The Labute approximate surface area is 119 Å². The normalized spacial score (nSPS) is 45.4. The average molecular weight is 261 g/mol. The largest absolute Gasteiger partial charge is 0.294 e. The van der Waals surface area contributed by atoms with Crippen molar-refractivity contribution in [3.8, 4) is 0 Å². The maximum atomic E-state index is 3.99. The Morgan fingerprint density at radius 3 is 2.37 bits per heavy atom. The van der Waals surface area contributed by atoms with Gasteiger partial charge >= 0.3 is 0 Å². The number of rotatable bonds is 5. The molecule has 0 aliphatic carbocycles. The standard InChI is InChI=1S/C18H31N/c1-4-7-14-11-13(6-3)16-9-10-17-15(8-5-2)12-18(14)19(16)17/h5,13-18H,2,4,6-12H2,1,3H3/t13-,14-,15+,16+,17?,18-/m0/s1. The van der Waals surface area contributed by atoms with Gasteiger partial charge in [0.2, 0.25) is 0 Å². The molecule has 0 radical (unpaired) electrons. The molecule has 108 valence electrons. The lowest BCUT2D eigenvalue weighted by molar-refractivity contribution is 0.0270. The first-order chi connectivity index (χ1) is 9.30. The van der Waals surface area contributed by atoms with E-state index in [1.807, 2.05) is 0 Å². The molecule has 0 aromatic carbocycles. The van der Waals surface area contributed by atoms with Crippen LogP contribution >= 0.6 is 0 Å². The van der Waals surface area contributed by atoms with Crippen molar-refractivity contribution in [2.24, 2.45) is 17.8 Å². The van der Waals surface area contributed by atoms with Crippen molar-refractivity contribution in [1.82, 2.24) is 4.90 Å². The first kappa shape index (κ1) is 13.7. The zero-order chi connectivity index (χ0) is 13.4. The van der Waals surface area contributed by atoms with Crippen LogP contribution in [0.25, 0.3) is 0 Å². The van der Waals surface area contributed by atoms with Gasteiger partial charge in [-0.05, 0) is 56.3 Å². The van der Waals surface area contributed by atoms with E-state index < -0.39 is 0 Å². The molecule has 3 saturated heterocycles. The third kappa shape index (κ3) is 2.18. The number of hydrogen-bond acceptors (Lipinski definition) is 1. The van der Waals surface area contributed by atoms with Gasteiger partial charge < -0.3 is 0 Å². The number of nitrogens with zero attached hydrogens (tertiary/aromatic N) is 1. The Morgan fingerprint density at radius 2 is 1.74 bits per heavy atom. The van der Waals surface area contributed by atoms with E-state index in [-0.39, 0.29) is 0 Å². The SMILES string of the molecule is C=CC[C@@H]1C[C@H]2[C@@H](CCC)C[C@H](CC)[C@H]3CCC1N32. The topological polar surface area (TPSA) is 3.24 Å². The molecule has 0 aromatic rings. The van der Waals surface area contributed by atoms with Crippen molar-refractivity contribution >= 4 is 0 Å². The summed E-state index contributed by atoms with van der Waals surface area (Å²) in [7, 11) is 0. The highest BCUT2D eigenvalue weighted by Crippen LogP contribution is 2.52. The Kier molecular flexibility index (Phi) is 4.03. The first-order valence-corrected chi connectivity index (χ1v) is 8.68. The Bertz CT molecular complexity index is 324. The summed E-state index contributed by atoms with van der Waals surface area (Å²) in [6, 6.07) is 2.76. The second-order valence-corrected chi connectivity index (χ2v) is 7.20. The van der Waals surface area contributed by atoms with Crippen LogP contribution in [0.15, 0.2) is 12.7 Å². The minimum atomic E-state index is 0.904. The van der Waals surface area contributed by atoms with E-state index in [0.717, 1.165) is 35.9 Å². The number of allylic oxidation sites excluding steroid dienone is 1. The van der Waals surface area contributed by atoms with Crippen molar-refractivity contribution in [2.45, 2.75) is 83.3 Å².